The van der Waals surface area contributed by atoms with Crippen LogP contribution >= 0.6 is 0 Å². The van der Waals surface area contributed by atoms with Crippen LogP contribution in [0, 0.1) is 5.41 Å². The number of amides is 2. The largest absolute Gasteiger partial charge is 0.491 e. The van der Waals surface area contributed by atoms with Gasteiger partial charge in [-0.2, -0.15) is 13.2 Å². The maximum atomic E-state index is 12.7. The van der Waals surface area contributed by atoms with E-state index in [0.717, 1.165) is 0 Å². The molecule has 2 aromatic carbocycles. The predicted octanol–water partition coefficient (Wildman–Crippen LogP) is 2.44. The van der Waals surface area contributed by atoms with Gasteiger partial charge >= 0.3 is 18.1 Å². The molecule has 11 nitrogen and oxygen atoms in total. The molecule has 0 aromatic heterocycles. The average molecular weight is 555 g/mol. The SMILES string of the molecule is CCOC(=O)C[C@H](COc1cccc(C(=N)N)c1)NC(=O)c1ccc(C(=O)N(C)C)cc1.O=C(O)C(F)(F)F. The first-order valence-electron chi connectivity index (χ1n) is 11.3. The summed E-state index contributed by atoms with van der Waals surface area (Å²) in [4.78, 5) is 47.1. The minimum Gasteiger partial charge on any atom is -0.491 e. The maximum Gasteiger partial charge on any atom is 0.490 e. The highest BCUT2D eigenvalue weighted by Crippen LogP contribution is 2.15. The van der Waals surface area contributed by atoms with Gasteiger partial charge in [0.15, 0.2) is 0 Å². The van der Waals surface area contributed by atoms with Crippen molar-refractivity contribution in [2.24, 2.45) is 5.73 Å². The van der Waals surface area contributed by atoms with E-state index < -0.39 is 30.1 Å². The molecule has 39 heavy (non-hydrogen) atoms. The number of benzene rings is 2. The van der Waals surface area contributed by atoms with E-state index in [9.17, 15) is 27.6 Å². The van der Waals surface area contributed by atoms with Crippen molar-refractivity contribution < 1.29 is 46.9 Å². The fourth-order valence-electron chi connectivity index (χ4n) is 2.81. The van der Waals surface area contributed by atoms with Gasteiger partial charge in [0.2, 0.25) is 0 Å². The zero-order valence-electron chi connectivity index (χ0n) is 21.4. The molecular weight excluding hydrogens is 525 g/mol. The van der Waals surface area contributed by atoms with Crippen LogP contribution in [0.4, 0.5) is 13.2 Å². The van der Waals surface area contributed by atoms with Crippen LogP contribution in [0.3, 0.4) is 0 Å². The van der Waals surface area contributed by atoms with E-state index in [1.54, 1.807) is 69.6 Å². The lowest BCUT2D eigenvalue weighted by Gasteiger charge is -2.19. The number of hydrogen-bond acceptors (Lipinski definition) is 7. The van der Waals surface area contributed by atoms with Gasteiger partial charge in [0.05, 0.1) is 19.1 Å². The number of carbonyl (C=O) groups is 4. The van der Waals surface area contributed by atoms with Crippen molar-refractivity contribution in [3.63, 3.8) is 0 Å². The quantitative estimate of drug-likeness (QED) is 0.197. The number of halogens is 3. The molecule has 0 bridgehead atoms. The molecule has 0 heterocycles. The Hall–Kier alpha value is -4.62. The Balaban J connectivity index is 0.000000956. The molecule has 2 amide bonds. The Morgan fingerprint density at radius 2 is 1.62 bits per heavy atom. The van der Waals surface area contributed by atoms with Crippen LogP contribution in [0.1, 0.15) is 39.6 Å². The van der Waals surface area contributed by atoms with E-state index >= 15 is 0 Å². The van der Waals surface area contributed by atoms with Crippen molar-refractivity contribution in [3.05, 3.63) is 65.2 Å². The van der Waals surface area contributed by atoms with E-state index in [2.05, 4.69) is 5.32 Å². The average Bonchev–Trinajstić information content (AvgIpc) is 2.87. The Kier molecular flexibility index (Phi) is 12.4. The molecule has 0 fully saturated rings. The number of carboxylic acid groups (broad SMARTS) is 1. The first kappa shape index (κ1) is 32.4. The fraction of sp³-hybridized carbons (Fsp3) is 0.320. The summed E-state index contributed by atoms with van der Waals surface area (Å²) in [5.74, 6) is -3.45. The van der Waals surface area contributed by atoms with Crippen LogP contribution in [-0.4, -0.2) is 79.1 Å². The molecule has 0 unspecified atom stereocenters. The molecule has 0 saturated heterocycles. The van der Waals surface area contributed by atoms with Gasteiger partial charge in [-0.05, 0) is 43.3 Å². The molecule has 14 heteroatoms. The topological polar surface area (TPSA) is 172 Å². The molecule has 0 spiro atoms. The third-order valence-corrected chi connectivity index (χ3v) is 4.69. The van der Waals surface area contributed by atoms with Gasteiger partial charge in [0.25, 0.3) is 11.8 Å². The normalized spacial score (nSPS) is 11.2. The van der Waals surface area contributed by atoms with Crippen LogP contribution < -0.4 is 15.8 Å². The number of rotatable bonds is 10. The van der Waals surface area contributed by atoms with Crippen molar-refractivity contribution in [1.82, 2.24) is 10.2 Å². The van der Waals surface area contributed by atoms with Crippen LogP contribution in [0.5, 0.6) is 5.75 Å². The minimum atomic E-state index is -5.08. The first-order valence-corrected chi connectivity index (χ1v) is 11.3. The molecule has 0 aliphatic rings. The van der Waals surface area contributed by atoms with E-state index in [1.165, 1.54) is 4.90 Å². The number of esters is 1. The van der Waals surface area contributed by atoms with Gasteiger partial charge in [-0.25, -0.2) is 4.79 Å². The molecule has 5 N–H and O–H groups in total. The molecule has 0 radical (unpaired) electrons. The molecule has 2 rings (SSSR count). The number of ether oxygens (including phenoxy) is 2. The number of amidine groups is 1. The van der Waals surface area contributed by atoms with Gasteiger partial charge in [-0.3, -0.25) is 19.8 Å². The minimum absolute atomic E-state index is 0.00309. The number of nitrogens with two attached hydrogens (primary N) is 1. The molecule has 0 aliphatic heterocycles. The van der Waals surface area contributed by atoms with Crippen molar-refractivity contribution in [2.75, 3.05) is 27.3 Å². The van der Waals surface area contributed by atoms with E-state index in [4.69, 9.17) is 30.5 Å². The summed E-state index contributed by atoms with van der Waals surface area (Å²) < 4.78 is 42.5. The van der Waals surface area contributed by atoms with Crippen molar-refractivity contribution >= 4 is 29.6 Å². The van der Waals surface area contributed by atoms with Crippen molar-refractivity contribution in [1.29, 1.82) is 5.41 Å². The van der Waals surface area contributed by atoms with Gasteiger partial charge in [0.1, 0.15) is 18.2 Å². The Morgan fingerprint density at radius 1 is 1.05 bits per heavy atom. The summed E-state index contributed by atoms with van der Waals surface area (Å²) in [5.41, 5.74) is 6.80. The van der Waals surface area contributed by atoms with Crippen molar-refractivity contribution in [3.8, 4) is 5.75 Å². The van der Waals surface area contributed by atoms with Crippen LogP contribution in [0.25, 0.3) is 0 Å². The highest BCUT2D eigenvalue weighted by Gasteiger charge is 2.38. The summed E-state index contributed by atoms with van der Waals surface area (Å²) in [6.45, 7) is 1.93. The number of alkyl halides is 3. The zero-order chi connectivity index (χ0) is 29.8. The lowest BCUT2D eigenvalue weighted by atomic mass is 10.1. The standard InChI is InChI=1S/C23H28N4O5.C2HF3O2/c1-4-31-20(28)13-18(14-32-19-7-5-6-17(12-19)21(24)25)26-22(29)15-8-10-16(11-9-15)23(30)27(2)3;3-2(4,5)1(6)7/h5-12,18H,4,13-14H2,1-3H3,(H3,24,25)(H,26,29);(H,6,7)/t18-;/m1./s1. The number of carboxylic acids is 1. The third-order valence-electron chi connectivity index (χ3n) is 4.69. The second kappa shape index (κ2) is 15.0. The first-order chi connectivity index (χ1) is 18.1. The van der Waals surface area contributed by atoms with Crippen LogP contribution in [0.2, 0.25) is 0 Å². The van der Waals surface area contributed by atoms with E-state index in [0.29, 0.717) is 22.4 Å². The number of hydrogen-bond donors (Lipinski definition) is 4. The monoisotopic (exact) mass is 554 g/mol. The summed E-state index contributed by atoms with van der Waals surface area (Å²) in [5, 5.41) is 17.4. The lowest BCUT2D eigenvalue weighted by molar-refractivity contribution is -0.192. The van der Waals surface area contributed by atoms with Gasteiger partial charge in [-0.15, -0.1) is 0 Å². The number of aliphatic carboxylic acids is 1. The molecular formula is C25H29F3N4O7. The number of nitrogens with zero attached hydrogens (tertiary/aromatic N) is 1. The second-order valence-electron chi connectivity index (χ2n) is 8.01. The van der Waals surface area contributed by atoms with Crippen LogP contribution in [0.15, 0.2) is 48.5 Å². The number of carbonyl (C=O) groups excluding carboxylic acids is 3. The highest BCUT2D eigenvalue weighted by molar-refractivity contribution is 5.98. The summed E-state index contributed by atoms with van der Waals surface area (Å²) >= 11 is 0. The Bertz CT molecular complexity index is 1170. The van der Waals surface area contributed by atoms with E-state index in [-0.39, 0.29) is 31.4 Å². The van der Waals surface area contributed by atoms with E-state index in [1.807, 2.05) is 0 Å². The molecule has 2 aromatic rings. The molecule has 1 atom stereocenters. The molecule has 0 saturated carbocycles. The van der Waals surface area contributed by atoms with Crippen molar-refractivity contribution in [2.45, 2.75) is 25.6 Å². The smallest absolute Gasteiger partial charge is 0.490 e. The summed E-state index contributed by atoms with van der Waals surface area (Å²) in [6, 6.07) is 12.2. The Morgan fingerprint density at radius 3 is 2.10 bits per heavy atom. The number of nitrogen functional groups attached to an aromatic ring is 1. The van der Waals surface area contributed by atoms with Gasteiger partial charge < -0.3 is 30.5 Å². The zero-order valence-corrected chi connectivity index (χ0v) is 21.4. The highest BCUT2D eigenvalue weighted by atomic mass is 19.4. The lowest BCUT2D eigenvalue weighted by Crippen LogP contribution is -2.41. The van der Waals surface area contributed by atoms with Gasteiger partial charge in [-0.1, -0.05) is 12.1 Å². The predicted molar refractivity (Wildman–Crippen MR) is 134 cm³/mol. The van der Waals surface area contributed by atoms with Crippen LogP contribution in [-0.2, 0) is 14.3 Å². The second-order valence-corrected chi connectivity index (χ2v) is 8.01. The molecule has 212 valence electrons. The fourth-order valence-corrected chi connectivity index (χ4v) is 2.81. The summed E-state index contributed by atoms with van der Waals surface area (Å²) in [7, 11) is 3.30. The summed E-state index contributed by atoms with van der Waals surface area (Å²) in [6.07, 6.45) is -5.16. The van der Waals surface area contributed by atoms with Gasteiger partial charge in [0, 0.05) is 30.8 Å². The number of nitrogens with one attached hydrogen (secondary N) is 2. The molecule has 0 aliphatic carbocycles. The maximum absolute atomic E-state index is 12.7. The Labute approximate surface area is 222 Å². The third kappa shape index (κ3) is 11.5.